The van der Waals surface area contributed by atoms with Crippen LogP contribution in [0.2, 0.25) is 0 Å². The Labute approximate surface area is 57.9 Å². The molecule has 0 aliphatic carbocycles. The lowest BCUT2D eigenvalue weighted by atomic mass is 10.7. The summed E-state index contributed by atoms with van der Waals surface area (Å²) in [5, 5.41) is 8.21. The average molecular weight is 148 g/mol. The van der Waals surface area contributed by atoms with E-state index in [9.17, 15) is 4.79 Å². The molecule has 0 aromatic carbocycles. The molecule has 0 atom stereocenters. The summed E-state index contributed by atoms with van der Waals surface area (Å²) < 4.78 is 4.43. The average Bonchev–Trinajstić information content (AvgIpc) is 1.89. The number of carbonyl (C=O) groups excluding carboxylic acids is 1. The second-order valence-corrected chi connectivity index (χ2v) is 1.96. The molecule has 52 valence electrons. The number of hydrogen-bond donors (Lipinski definition) is 1. The summed E-state index contributed by atoms with van der Waals surface area (Å²) in [7, 11) is 0. The minimum Gasteiger partial charge on any atom is -0.395 e. The molecule has 0 rings (SSSR count). The third-order valence-corrected chi connectivity index (χ3v) is 1.11. The zero-order valence-electron chi connectivity index (χ0n) is 4.87. The predicted molar refractivity (Wildman–Crippen MR) is 35.8 cm³/mol. The van der Waals surface area contributed by atoms with Crippen molar-refractivity contribution in [3.05, 3.63) is 12.7 Å². The molecule has 0 heterocycles. The number of hydrogen-bond acceptors (Lipinski definition) is 4. The van der Waals surface area contributed by atoms with Gasteiger partial charge in [-0.3, -0.25) is 0 Å². The first-order valence-corrected chi connectivity index (χ1v) is 3.29. The van der Waals surface area contributed by atoms with Gasteiger partial charge in [0.25, 0.3) is 0 Å². The lowest BCUT2D eigenvalue weighted by Crippen LogP contribution is -1.94. The first-order valence-electron chi connectivity index (χ1n) is 2.38. The lowest BCUT2D eigenvalue weighted by Gasteiger charge is -1.94. The van der Waals surface area contributed by atoms with Gasteiger partial charge in [-0.25, -0.2) is 4.79 Å². The quantitative estimate of drug-likeness (QED) is 0.355. The zero-order valence-corrected chi connectivity index (χ0v) is 5.69. The molecule has 9 heavy (non-hydrogen) atoms. The Hall–Kier alpha value is -0.480. The standard InChI is InChI=1S/C5H8O3S/c1-2-5(7)8-9-4-3-6/h2,6H,1,3-4H2. The van der Waals surface area contributed by atoms with Crippen LogP contribution in [-0.2, 0) is 8.98 Å². The van der Waals surface area contributed by atoms with E-state index >= 15 is 0 Å². The van der Waals surface area contributed by atoms with E-state index in [1.807, 2.05) is 0 Å². The summed E-state index contributed by atoms with van der Waals surface area (Å²) in [5.41, 5.74) is 0. The smallest absolute Gasteiger partial charge is 0.342 e. The summed E-state index contributed by atoms with van der Waals surface area (Å²) in [6, 6.07) is 0. The van der Waals surface area contributed by atoms with Crippen LogP contribution in [0.15, 0.2) is 12.7 Å². The first kappa shape index (κ1) is 8.52. The molecule has 0 aliphatic rings. The molecule has 0 fully saturated rings. The fourth-order valence-corrected chi connectivity index (χ4v) is 0.513. The third kappa shape index (κ3) is 5.39. The van der Waals surface area contributed by atoms with Crippen LogP contribution < -0.4 is 0 Å². The van der Waals surface area contributed by atoms with Gasteiger partial charge in [-0.1, -0.05) is 6.58 Å². The summed E-state index contributed by atoms with van der Waals surface area (Å²) in [6.45, 7) is 3.20. The van der Waals surface area contributed by atoms with Crippen molar-refractivity contribution in [3.63, 3.8) is 0 Å². The van der Waals surface area contributed by atoms with Crippen LogP contribution in [0.5, 0.6) is 0 Å². The normalized spacial score (nSPS) is 8.56. The van der Waals surface area contributed by atoms with Gasteiger partial charge in [0, 0.05) is 6.08 Å². The molecule has 0 radical (unpaired) electrons. The van der Waals surface area contributed by atoms with E-state index in [1.54, 1.807) is 0 Å². The highest BCUT2D eigenvalue weighted by molar-refractivity contribution is 7.95. The van der Waals surface area contributed by atoms with Crippen molar-refractivity contribution in [2.45, 2.75) is 0 Å². The van der Waals surface area contributed by atoms with Crippen molar-refractivity contribution in [1.82, 2.24) is 0 Å². The van der Waals surface area contributed by atoms with Crippen molar-refractivity contribution in [2.75, 3.05) is 12.4 Å². The fourth-order valence-electron chi connectivity index (χ4n) is 0.171. The van der Waals surface area contributed by atoms with E-state index in [-0.39, 0.29) is 6.61 Å². The number of carbonyl (C=O) groups is 1. The van der Waals surface area contributed by atoms with Crippen LogP contribution in [0.3, 0.4) is 0 Å². The Balaban J connectivity index is 3.07. The number of aliphatic hydroxyl groups is 1. The largest absolute Gasteiger partial charge is 0.395 e. The molecule has 0 spiro atoms. The fraction of sp³-hybridized carbons (Fsp3) is 0.400. The van der Waals surface area contributed by atoms with Gasteiger partial charge in [-0.2, -0.15) is 0 Å². The Morgan fingerprint density at radius 1 is 1.89 bits per heavy atom. The van der Waals surface area contributed by atoms with E-state index < -0.39 is 5.97 Å². The predicted octanol–water partition coefficient (Wildman–Crippen LogP) is 0.356. The van der Waals surface area contributed by atoms with Gasteiger partial charge in [0.15, 0.2) is 0 Å². The van der Waals surface area contributed by atoms with Crippen LogP contribution in [0.25, 0.3) is 0 Å². The number of aliphatic hydroxyl groups excluding tert-OH is 1. The molecule has 0 aromatic rings. The van der Waals surface area contributed by atoms with E-state index in [1.165, 1.54) is 0 Å². The summed E-state index contributed by atoms with van der Waals surface area (Å²) in [6.07, 6.45) is 1.07. The minimum absolute atomic E-state index is 0.00902. The van der Waals surface area contributed by atoms with Crippen LogP contribution in [0.1, 0.15) is 0 Å². The monoisotopic (exact) mass is 148 g/mol. The number of rotatable bonds is 4. The summed E-state index contributed by atoms with van der Waals surface area (Å²) >= 11 is 0.915. The molecule has 0 unspecified atom stereocenters. The SMILES string of the molecule is C=CC(=O)OSCCO. The van der Waals surface area contributed by atoms with Crippen molar-refractivity contribution in [3.8, 4) is 0 Å². The molecule has 3 nitrogen and oxygen atoms in total. The van der Waals surface area contributed by atoms with Crippen LogP contribution in [0, 0.1) is 0 Å². The maximum absolute atomic E-state index is 10.2. The van der Waals surface area contributed by atoms with Gasteiger partial charge in [-0.05, 0) is 0 Å². The van der Waals surface area contributed by atoms with Gasteiger partial charge in [0.1, 0.15) is 0 Å². The van der Waals surface area contributed by atoms with E-state index in [0.717, 1.165) is 18.1 Å². The van der Waals surface area contributed by atoms with Gasteiger partial charge < -0.3 is 9.29 Å². The molecule has 1 N–H and O–H groups in total. The van der Waals surface area contributed by atoms with E-state index in [2.05, 4.69) is 10.8 Å². The van der Waals surface area contributed by atoms with Gasteiger partial charge in [0.05, 0.1) is 24.4 Å². The molecular formula is C5H8O3S. The van der Waals surface area contributed by atoms with Crippen LogP contribution in [-0.4, -0.2) is 23.4 Å². The topological polar surface area (TPSA) is 46.5 Å². The Morgan fingerprint density at radius 2 is 2.56 bits per heavy atom. The van der Waals surface area contributed by atoms with Gasteiger partial charge >= 0.3 is 5.97 Å². The second-order valence-electron chi connectivity index (χ2n) is 1.15. The lowest BCUT2D eigenvalue weighted by molar-refractivity contribution is -0.127. The highest BCUT2D eigenvalue weighted by Crippen LogP contribution is 2.00. The molecule has 4 heteroatoms. The summed E-state index contributed by atoms with van der Waals surface area (Å²) in [5.74, 6) is -0.0759. The van der Waals surface area contributed by atoms with Gasteiger partial charge in [0.2, 0.25) is 0 Å². The van der Waals surface area contributed by atoms with Crippen molar-refractivity contribution < 1.29 is 14.1 Å². The Bertz CT molecular complexity index is 102. The van der Waals surface area contributed by atoms with Crippen LogP contribution >= 0.6 is 12.0 Å². The van der Waals surface area contributed by atoms with Crippen molar-refractivity contribution in [2.24, 2.45) is 0 Å². The van der Waals surface area contributed by atoms with Crippen molar-refractivity contribution in [1.29, 1.82) is 0 Å². The molecule has 0 bridgehead atoms. The maximum atomic E-state index is 10.2. The molecule has 0 aliphatic heterocycles. The van der Waals surface area contributed by atoms with Crippen LogP contribution in [0.4, 0.5) is 0 Å². The zero-order chi connectivity index (χ0) is 7.11. The molecule has 0 aromatic heterocycles. The van der Waals surface area contributed by atoms with Gasteiger partial charge in [-0.15, -0.1) is 0 Å². The second kappa shape index (κ2) is 5.65. The Morgan fingerprint density at radius 3 is 3.00 bits per heavy atom. The third-order valence-electron chi connectivity index (χ3n) is 0.482. The molecule has 0 saturated heterocycles. The highest BCUT2D eigenvalue weighted by atomic mass is 32.2. The van der Waals surface area contributed by atoms with Crippen molar-refractivity contribution >= 4 is 18.0 Å². The summed E-state index contributed by atoms with van der Waals surface area (Å²) in [4.78, 5) is 10.2. The first-order chi connectivity index (χ1) is 4.31. The van der Waals surface area contributed by atoms with E-state index in [4.69, 9.17) is 5.11 Å². The minimum atomic E-state index is -0.478. The van der Waals surface area contributed by atoms with E-state index in [0.29, 0.717) is 5.75 Å². The molecular weight excluding hydrogens is 140 g/mol. The molecule has 0 saturated carbocycles. The highest BCUT2D eigenvalue weighted by Gasteiger charge is 1.93. The molecule has 0 amide bonds. The maximum Gasteiger partial charge on any atom is 0.342 e. The Kier molecular flexibility index (Phi) is 5.35.